The zero-order chi connectivity index (χ0) is 15.9. The van der Waals surface area contributed by atoms with E-state index in [1.807, 2.05) is 41.3 Å². The predicted octanol–water partition coefficient (Wildman–Crippen LogP) is 1.89. The van der Waals surface area contributed by atoms with Crippen molar-refractivity contribution in [2.45, 2.75) is 13.0 Å². The molecule has 0 aliphatic rings. The molecule has 0 heterocycles. The van der Waals surface area contributed by atoms with Crippen molar-refractivity contribution >= 4 is 17.3 Å². The van der Waals surface area contributed by atoms with Crippen LogP contribution < -0.4 is 10.6 Å². The van der Waals surface area contributed by atoms with Crippen molar-refractivity contribution in [2.75, 3.05) is 23.8 Å². The molecule has 2 rings (SSSR count). The van der Waals surface area contributed by atoms with E-state index in [4.69, 9.17) is 10.8 Å². The number of carboxylic acids is 1. The van der Waals surface area contributed by atoms with Gasteiger partial charge in [0, 0.05) is 13.1 Å². The van der Waals surface area contributed by atoms with Crippen molar-refractivity contribution in [3.63, 3.8) is 0 Å². The van der Waals surface area contributed by atoms with Crippen molar-refractivity contribution in [2.24, 2.45) is 0 Å². The molecule has 0 amide bonds. The Morgan fingerprint density at radius 1 is 1.09 bits per heavy atom. The van der Waals surface area contributed by atoms with Crippen LogP contribution in [0.25, 0.3) is 0 Å². The third-order valence-electron chi connectivity index (χ3n) is 3.37. The highest BCUT2D eigenvalue weighted by molar-refractivity contribution is 5.74. The summed E-state index contributed by atoms with van der Waals surface area (Å²) in [6.45, 7) is 1.10. The monoisotopic (exact) mass is 300 g/mol. The van der Waals surface area contributed by atoms with E-state index in [0.717, 1.165) is 11.3 Å². The Kier molecular flexibility index (Phi) is 5.38. The van der Waals surface area contributed by atoms with Gasteiger partial charge in [0.05, 0.1) is 24.4 Å². The van der Waals surface area contributed by atoms with Crippen LogP contribution in [-0.2, 0) is 17.8 Å². The second-order valence-electron chi connectivity index (χ2n) is 5.09. The van der Waals surface area contributed by atoms with Gasteiger partial charge in [-0.3, -0.25) is 4.79 Å². The van der Waals surface area contributed by atoms with Gasteiger partial charge in [-0.05, 0) is 23.3 Å². The van der Waals surface area contributed by atoms with Crippen molar-refractivity contribution in [1.29, 1.82) is 0 Å². The summed E-state index contributed by atoms with van der Waals surface area (Å²) in [6, 6.07) is 15.2. The van der Waals surface area contributed by atoms with E-state index >= 15 is 0 Å². The standard InChI is InChI=1S/C17H20N2O3/c18-15-10-14(11-17(21)22)6-7-16(15)19(8-9-20)12-13-4-2-1-3-5-13/h1-7,10,20H,8-9,11-12,18H2,(H,21,22). The van der Waals surface area contributed by atoms with Gasteiger partial charge in [0.2, 0.25) is 0 Å². The van der Waals surface area contributed by atoms with Gasteiger partial charge in [0.15, 0.2) is 0 Å². The molecular weight excluding hydrogens is 280 g/mol. The molecule has 0 bridgehead atoms. The third-order valence-corrected chi connectivity index (χ3v) is 3.37. The Morgan fingerprint density at radius 2 is 1.82 bits per heavy atom. The topological polar surface area (TPSA) is 86.8 Å². The Labute approximate surface area is 129 Å². The van der Waals surface area contributed by atoms with Crippen LogP contribution in [0, 0.1) is 0 Å². The minimum absolute atomic E-state index is 0.0170. The lowest BCUT2D eigenvalue weighted by molar-refractivity contribution is -0.136. The molecule has 5 nitrogen and oxygen atoms in total. The first-order valence-electron chi connectivity index (χ1n) is 7.10. The summed E-state index contributed by atoms with van der Waals surface area (Å²) < 4.78 is 0. The first-order chi connectivity index (χ1) is 10.6. The van der Waals surface area contributed by atoms with Crippen LogP contribution in [0.15, 0.2) is 48.5 Å². The Bertz CT molecular complexity index is 629. The Hall–Kier alpha value is -2.53. The van der Waals surface area contributed by atoms with E-state index in [9.17, 15) is 9.90 Å². The summed E-state index contributed by atoms with van der Waals surface area (Å²) in [6.07, 6.45) is -0.0524. The van der Waals surface area contributed by atoms with Crippen molar-refractivity contribution < 1.29 is 15.0 Å². The normalized spacial score (nSPS) is 10.4. The quantitative estimate of drug-likeness (QED) is 0.680. The number of rotatable bonds is 7. The number of carbonyl (C=O) groups is 1. The highest BCUT2D eigenvalue weighted by Gasteiger charge is 2.11. The van der Waals surface area contributed by atoms with Crippen LogP contribution in [0.3, 0.4) is 0 Å². The summed E-state index contributed by atoms with van der Waals surface area (Å²) in [5.74, 6) is -0.886. The lowest BCUT2D eigenvalue weighted by Crippen LogP contribution is -2.27. The number of hydrogen-bond acceptors (Lipinski definition) is 4. The molecule has 5 heteroatoms. The molecule has 0 aliphatic heterocycles. The number of hydrogen-bond donors (Lipinski definition) is 3. The highest BCUT2D eigenvalue weighted by Crippen LogP contribution is 2.26. The second-order valence-corrected chi connectivity index (χ2v) is 5.09. The van der Waals surface area contributed by atoms with Gasteiger partial charge in [0.25, 0.3) is 0 Å². The van der Waals surface area contributed by atoms with E-state index in [2.05, 4.69) is 0 Å². The average Bonchev–Trinajstić information content (AvgIpc) is 2.47. The van der Waals surface area contributed by atoms with Gasteiger partial charge >= 0.3 is 5.97 Å². The summed E-state index contributed by atoms with van der Waals surface area (Å²) in [5.41, 5.74) is 9.16. The fourth-order valence-electron chi connectivity index (χ4n) is 2.39. The number of nitrogen functional groups attached to an aromatic ring is 1. The van der Waals surface area contributed by atoms with Crippen LogP contribution in [-0.4, -0.2) is 29.3 Å². The van der Waals surface area contributed by atoms with Crippen molar-refractivity contribution in [1.82, 2.24) is 0 Å². The molecule has 116 valence electrons. The van der Waals surface area contributed by atoms with E-state index in [1.165, 1.54) is 0 Å². The molecule has 0 saturated carbocycles. The van der Waals surface area contributed by atoms with Gasteiger partial charge in [-0.1, -0.05) is 36.4 Å². The summed E-state index contributed by atoms with van der Waals surface area (Å²) in [4.78, 5) is 12.7. The zero-order valence-electron chi connectivity index (χ0n) is 12.3. The van der Waals surface area contributed by atoms with Crippen molar-refractivity contribution in [3.8, 4) is 0 Å². The second kappa shape index (κ2) is 7.47. The Balaban J connectivity index is 2.22. The summed E-state index contributed by atoms with van der Waals surface area (Å²) >= 11 is 0. The maximum Gasteiger partial charge on any atom is 0.307 e. The van der Waals surface area contributed by atoms with Crippen LogP contribution in [0.1, 0.15) is 11.1 Å². The molecule has 0 aromatic heterocycles. The third kappa shape index (κ3) is 4.23. The first-order valence-corrected chi connectivity index (χ1v) is 7.10. The fourth-order valence-corrected chi connectivity index (χ4v) is 2.39. The van der Waals surface area contributed by atoms with E-state index in [0.29, 0.717) is 24.3 Å². The molecular formula is C17H20N2O3. The number of nitrogens with zero attached hydrogens (tertiary/aromatic N) is 1. The summed E-state index contributed by atoms with van der Waals surface area (Å²) in [5, 5.41) is 18.1. The lowest BCUT2D eigenvalue weighted by atomic mass is 10.1. The molecule has 0 aliphatic carbocycles. The van der Waals surface area contributed by atoms with Crippen LogP contribution in [0.4, 0.5) is 11.4 Å². The number of carboxylic acid groups (broad SMARTS) is 1. The molecule has 0 radical (unpaired) electrons. The first kappa shape index (κ1) is 15.9. The molecule has 0 atom stereocenters. The maximum atomic E-state index is 10.8. The van der Waals surface area contributed by atoms with Gasteiger partial charge < -0.3 is 20.8 Å². The number of aliphatic hydroxyl groups excluding tert-OH is 1. The molecule has 22 heavy (non-hydrogen) atoms. The van der Waals surface area contributed by atoms with Crippen molar-refractivity contribution in [3.05, 3.63) is 59.7 Å². The van der Waals surface area contributed by atoms with E-state index < -0.39 is 5.97 Å². The van der Waals surface area contributed by atoms with Gasteiger partial charge in [-0.25, -0.2) is 0 Å². The molecule has 0 saturated heterocycles. The highest BCUT2D eigenvalue weighted by atomic mass is 16.4. The minimum atomic E-state index is -0.886. The average molecular weight is 300 g/mol. The minimum Gasteiger partial charge on any atom is -0.481 e. The molecule has 0 fully saturated rings. The molecule has 4 N–H and O–H groups in total. The maximum absolute atomic E-state index is 10.8. The lowest BCUT2D eigenvalue weighted by Gasteiger charge is -2.26. The Morgan fingerprint density at radius 3 is 2.41 bits per heavy atom. The fraction of sp³-hybridized carbons (Fsp3) is 0.235. The van der Waals surface area contributed by atoms with Crippen LogP contribution in [0.2, 0.25) is 0 Å². The molecule has 0 spiro atoms. The molecule has 2 aromatic carbocycles. The number of aliphatic hydroxyl groups is 1. The SMILES string of the molecule is Nc1cc(CC(=O)O)ccc1N(CCO)Cc1ccccc1. The van der Waals surface area contributed by atoms with E-state index in [1.54, 1.807) is 12.1 Å². The number of nitrogens with two attached hydrogens (primary N) is 1. The number of benzene rings is 2. The smallest absolute Gasteiger partial charge is 0.307 e. The molecule has 0 unspecified atom stereocenters. The number of anilines is 2. The van der Waals surface area contributed by atoms with Gasteiger partial charge in [0.1, 0.15) is 0 Å². The van der Waals surface area contributed by atoms with Gasteiger partial charge in [-0.2, -0.15) is 0 Å². The largest absolute Gasteiger partial charge is 0.481 e. The summed E-state index contributed by atoms with van der Waals surface area (Å²) in [7, 11) is 0. The van der Waals surface area contributed by atoms with Gasteiger partial charge in [-0.15, -0.1) is 0 Å². The van der Waals surface area contributed by atoms with E-state index in [-0.39, 0.29) is 13.0 Å². The molecule has 2 aromatic rings. The van der Waals surface area contributed by atoms with Crippen LogP contribution in [0.5, 0.6) is 0 Å². The predicted molar refractivity (Wildman–Crippen MR) is 86.8 cm³/mol. The number of aliphatic carboxylic acids is 1. The zero-order valence-corrected chi connectivity index (χ0v) is 12.3. The van der Waals surface area contributed by atoms with Crippen LogP contribution >= 0.6 is 0 Å².